The van der Waals surface area contributed by atoms with Gasteiger partial charge in [0.1, 0.15) is 109 Å². The molecule has 28 nitrogen and oxygen atoms in total. The highest BCUT2D eigenvalue weighted by atomic mass is 32.3. The molecular formula is C59H94O28S. The summed E-state index contributed by atoms with van der Waals surface area (Å²) in [5, 5.41) is 122. The van der Waals surface area contributed by atoms with E-state index in [1.54, 1.807) is 0 Å². The first-order valence-corrected chi connectivity index (χ1v) is 32.2. The van der Waals surface area contributed by atoms with Crippen molar-refractivity contribution < 1.29 is 135 Å². The minimum Gasteiger partial charge on any atom is -0.459 e. The number of hydrogen-bond acceptors (Lipinski definition) is 27. The third-order valence-corrected chi connectivity index (χ3v) is 22.5. The number of allylic oxidation sites excluding steroid dienone is 4. The first-order valence-electron chi connectivity index (χ1n) is 30.9. The second kappa shape index (κ2) is 25.9. The number of fused-ring (bicyclic) bond motifs is 4. The molecule has 504 valence electrons. The first kappa shape index (κ1) is 68.8. The Balaban J connectivity index is 0.904. The predicted molar refractivity (Wildman–Crippen MR) is 297 cm³/mol. The quantitative estimate of drug-likeness (QED) is 0.0440. The van der Waals surface area contributed by atoms with Crippen molar-refractivity contribution in [2.75, 3.05) is 33.5 Å². The Labute approximate surface area is 512 Å². The standard InChI is InChI=1S/C59H94O28S/c1-25(2)11-10-17-58(8)34-15-19-57(7)28-12-13-33-55(4,5)35(16-18-56(33,6)27(28)14-20-59(34,57)54(71)86-58)81-52-47(39(66)32(24-77-52)87-88(72,73)74)85-53-48(84-49-40(67)36(63)29(62)23-76-49)41(68)44(26(3)78-53)82-51-43(70)46(38(65)31(22-61)80-51)83-50-42(69)45(75-9)37(64)30(21-60)79-50/h11-12,26-27,29-53,60-70H,10,13-24H2,1-9H3,(H,72,73,74). The van der Waals surface area contributed by atoms with Gasteiger partial charge >= 0.3 is 16.4 Å². The summed E-state index contributed by atoms with van der Waals surface area (Å²) in [6.45, 7) is 13.6. The van der Waals surface area contributed by atoms with Gasteiger partial charge in [0.15, 0.2) is 31.5 Å². The van der Waals surface area contributed by atoms with Crippen LogP contribution in [-0.4, -0.2) is 262 Å². The molecule has 0 radical (unpaired) electrons. The number of aliphatic hydroxyl groups excluding tert-OH is 11. The van der Waals surface area contributed by atoms with Crippen molar-refractivity contribution >= 4 is 16.4 Å². The number of aliphatic hydroxyl groups is 11. The molecule has 88 heavy (non-hydrogen) atoms. The molecule has 29 heteroatoms. The number of esters is 1. The summed E-state index contributed by atoms with van der Waals surface area (Å²) in [5.74, 6) is 0.138. The van der Waals surface area contributed by atoms with E-state index in [1.165, 1.54) is 25.2 Å². The maximum atomic E-state index is 14.5. The van der Waals surface area contributed by atoms with Crippen LogP contribution in [-0.2, 0) is 76.2 Å². The molecule has 10 rings (SSSR count). The lowest BCUT2D eigenvalue weighted by Gasteiger charge is -2.64. The lowest BCUT2D eigenvalue weighted by molar-refractivity contribution is -0.403. The van der Waals surface area contributed by atoms with Crippen molar-refractivity contribution in [3.05, 3.63) is 23.3 Å². The summed E-state index contributed by atoms with van der Waals surface area (Å²) in [6, 6.07) is 0. The van der Waals surface area contributed by atoms with Crippen molar-refractivity contribution in [2.24, 2.45) is 39.4 Å². The number of carbonyl (C=O) groups excluding carboxylic acids is 1. The van der Waals surface area contributed by atoms with Gasteiger partial charge in [-0.2, -0.15) is 8.42 Å². The van der Waals surface area contributed by atoms with Gasteiger partial charge in [0.05, 0.1) is 44.1 Å². The Hall–Kier alpha value is -2.06. The average Bonchev–Trinajstić information content (AvgIpc) is 1.45. The van der Waals surface area contributed by atoms with Crippen LogP contribution in [0.25, 0.3) is 0 Å². The fraction of sp³-hybridized carbons (Fsp3) is 0.915. The van der Waals surface area contributed by atoms with Crippen LogP contribution >= 0.6 is 0 Å². The van der Waals surface area contributed by atoms with Gasteiger partial charge in [0.2, 0.25) is 0 Å². The van der Waals surface area contributed by atoms with Crippen LogP contribution < -0.4 is 0 Å². The summed E-state index contributed by atoms with van der Waals surface area (Å²) < 4.78 is 112. The Morgan fingerprint density at radius 3 is 1.89 bits per heavy atom. The zero-order chi connectivity index (χ0) is 64.1. The normalized spacial score (nSPS) is 51.1. The van der Waals surface area contributed by atoms with Crippen LogP contribution in [0.1, 0.15) is 113 Å². The molecule has 31 unspecified atom stereocenters. The first-order chi connectivity index (χ1) is 41.3. The highest BCUT2D eigenvalue weighted by Crippen LogP contribution is 2.76. The topological polar surface area (TPSA) is 414 Å². The Kier molecular flexibility index (Phi) is 20.3. The van der Waals surface area contributed by atoms with Gasteiger partial charge < -0.3 is 113 Å². The Morgan fingerprint density at radius 1 is 0.648 bits per heavy atom. The Bertz CT molecular complexity index is 2630. The second-order valence-electron chi connectivity index (χ2n) is 27.7. The number of hydrogen-bond donors (Lipinski definition) is 12. The minimum atomic E-state index is -5.25. The van der Waals surface area contributed by atoms with E-state index in [9.17, 15) is 73.9 Å². The molecule has 3 saturated carbocycles. The minimum absolute atomic E-state index is 0.00570. The number of ether oxygens (including phenoxy) is 12. The van der Waals surface area contributed by atoms with Crippen LogP contribution in [0, 0.1) is 39.4 Å². The third-order valence-electron chi connectivity index (χ3n) is 22.1. The molecule has 0 aromatic carbocycles. The van der Waals surface area contributed by atoms with E-state index in [4.69, 9.17) is 61.0 Å². The van der Waals surface area contributed by atoms with E-state index in [0.29, 0.717) is 25.7 Å². The molecule has 10 aliphatic rings. The fourth-order valence-corrected chi connectivity index (χ4v) is 17.8. The van der Waals surface area contributed by atoms with Gasteiger partial charge in [-0.15, -0.1) is 0 Å². The van der Waals surface area contributed by atoms with Crippen molar-refractivity contribution in [3.63, 3.8) is 0 Å². The molecule has 4 aliphatic carbocycles. The molecule has 6 heterocycles. The second-order valence-corrected chi connectivity index (χ2v) is 28.7. The Morgan fingerprint density at radius 2 is 1.25 bits per heavy atom. The maximum absolute atomic E-state index is 14.5. The summed E-state index contributed by atoms with van der Waals surface area (Å²) in [4.78, 5) is 14.5. The highest BCUT2D eigenvalue weighted by molar-refractivity contribution is 7.80. The molecular weight excluding hydrogens is 1190 g/mol. The lowest BCUT2D eigenvalue weighted by atomic mass is 9.41. The molecule has 9 fully saturated rings. The molecule has 0 amide bonds. The van der Waals surface area contributed by atoms with Gasteiger partial charge in [-0.3, -0.25) is 9.35 Å². The average molecular weight is 1280 g/mol. The molecule has 12 N–H and O–H groups in total. The number of methoxy groups -OCH3 is 1. The largest absolute Gasteiger partial charge is 0.459 e. The molecule has 6 aliphatic heterocycles. The monoisotopic (exact) mass is 1280 g/mol. The summed E-state index contributed by atoms with van der Waals surface area (Å²) in [6.07, 6.45) is -29.8. The van der Waals surface area contributed by atoms with E-state index in [-0.39, 0.29) is 29.1 Å². The van der Waals surface area contributed by atoms with Crippen molar-refractivity contribution in [2.45, 2.75) is 266 Å². The van der Waals surface area contributed by atoms with Gasteiger partial charge in [0, 0.05) is 18.4 Å². The van der Waals surface area contributed by atoms with Crippen LogP contribution in [0.4, 0.5) is 0 Å². The lowest BCUT2D eigenvalue weighted by Crippen LogP contribution is -2.68. The number of carbonyl (C=O) groups is 1. The van der Waals surface area contributed by atoms with E-state index >= 15 is 0 Å². The molecule has 1 spiro atoms. The summed E-state index contributed by atoms with van der Waals surface area (Å²) >= 11 is 0. The molecule has 6 saturated heterocycles. The molecule has 0 aromatic rings. The molecule has 0 bridgehead atoms. The van der Waals surface area contributed by atoms with Gasteiger partial charge in [-0.1, -0.05) is 51.0 Å². The van der Waals surface area contributed by atoms with Gasteiger partial charge in [0.25, 0.3) is 0 Å². The number of cyclic esters (lactones) is 1. The zero-order valence-electron chi connectivity index (χ0n) is 51.2. The molecule has 31 atom stereocenters. The third kappa shape index (κ3) is 12.0. The fourth-order valence-electron chi connectivity index (χ4n) is 17.3. The summed E-state index contributed by atoms with van der Waals surface area (Å²) in [7, 11) is -4.08. The van der Waals surface area contributed by atoms with E-state index in [0.717, 1.165) is 32.1 Å². The van der Waals surface area contributed by atoms with Gasteiger partial charge in [-0.05, 0) is 108 Å². The smallest absolute Gasteiger partial charge is 0.397 e. The van der Waals surface area contributed by atoms with Crippen molar-refractivity contribution in [1.82, 2.24) is 0 Å². The van der Waals surface area contributed by atoms with E-state index < -0.39 is 206 Å². The van der Waals surface area contributed by atoms with Gasteiger partial charge in [-0.25, -0.2) is 4.18 Å². The predicted octanol–water partition coefficient (Wildman–Crippen LogP) is -1.10. The van der Waals surface area contributed by atoms with E-state index in [2.05, 4.69) is 60.6 Å². The maximum Gasteiger partial charge on any atom is 0.397 e. The summed E-state index contributed by atoms with van der Waals surface area (Å²) in [5.41, 5.74) is 0.0322. The SMILES string of the molecule is COC1C(O)C(CO)OC(OC2C(O)C(CO)OC(OC3C(C)OC(OC4C(OC5CCC6(C)C7CCC89C(=O)OC(C)(CCC=C(C)C)C8CCC9(C)C7=CCC6C5(C)C)OCC(OS(=O)(=O)O)C4O)C(OC4OCC(O)C(O)C4O)C3O)C2O)C1O. The van der Waals surface area contributed by atoms with Crippen molar-refractivity contribution in [1.29, 1.82) is 0 Å². The van der Waals surface area contributed by atoms with E-state index in [1.807, 2.05) is 0 Å². The van der Waals surface area contributed by atoms with Crippen molar-refractivity contribution in [3.8, 4) is 0 Å². The van der Waals surface area contributed by atoms with Crippen LogP contribution in [0.15, 0.2) is 23.3 Å². The highest BCUT2D eigenvalue weighted by Gasteiger charge is 2.76. The number of rotatable bonds is 18. The van der Waals surface area contributed by atoms with Crippen LogP contribution in [0.3, 0.4) is 0 Å². The van der Waals surface area contributed by atoms with Crippen LogP contribution in [0.5, 0.6) is 0 Å². The van der Waals surface area contributed by atoms with Crippen LogP contribution in [0.2, 0.25) is 0 Å². The molecule has 0 aromatic heterocycles. The zero-order valence-corrected chi connectivity index (χ0v) is 52.1.